The molecule has 3 aromatic rings. The molecule has 0 unspecified atom stereocenters. The number of methoxy groups -OCH3 is 1. The average molecular weight is 400 g/mol. The molecule has 0 radical (unpaired) electrons. The van der Waals surface area contributed by atoms with Crippen molar-refractivity contribution in [2.45, 2.75) is 6.54 Å². The lowest BCUT2D eigenvalue weighted by Gasteiger charge is -2.33. The van der Waals surface area contributed by atoms with Crippen molar-refractivity contribution >= 4 is 44.6 Å². The monoisotopic (exact) mass is 399 g/mol. The van der Waals surface area contributed by atoms with E-state index in [9.17, 15) is 0 Å². The van der Waals surface area contributed by atoms with Crippen LogP contribution in [0.25, 0.3) is 10.2 Å². The number of rotatable bonds is 4. The summed E-state index contributed by atoms with van der Waals surface area (Å²) in [6, 6.07) is 16.2. The van der Waals surface area contributed by atoms with E-state index in [4.69, 9.17) is 21.9 Å². The summed E-state index contributed by atoms with van der Waals surface area (Å²) in [6.45, 7) is 5.05. The van der Waals surface area contributed by atoms with Crippen LogP contribution < -0.4 is 15.0 Å². The Morgan fingerprint density at radius 1 is 1.19 bits per heavy atom. The van der Waals surface area contributed by atoms with Gasteiger partial charge < -0.3 is 19.9 Å². The van der Waals surface area contributed by atoms with E-state index in [-0.39, 0.29) is 0 Å². The van der Waals surface area contributed by atoms with Crippen molar-refractivity contribution in [3.8, 4) is 5.75 Å². The number of ether oxygens (including phenoxy) is 1. The molecule has 2 heterocycles. The number of benzene rings is 2. The summed E-state index contributed by atoms with van der Waals surface area (Å²) in [4.78, 5) is 8.59. The van der Waals surface area contributed by atoms with E-state index in [1.54, 1.807) is 12.0 Å². The molecular weight excluding hydrogens is 376 g/mol. The van der Waals surface area contributed by atoms with Crippen LogP contribution >= 0.6 is 23.6 Å². The number of para-hydroxylation sites is 1. The van der Waals surface area contributed by atoms with Gasteiger partial charge in [-0.1, -0.05) is 12.1 Å². The highest BCUT2D eigenvalue weighted by atomic mass is 32.1. The molecule has 0 amide bonds. The molecule has 7 heteroatoms. The Kier molecular flexibility index (Phi) is 5.52. The van der Waals surface area contributed by atoms with Gasteiger partial charge in [-0.3, -0.25) is 0 Å². The van der Waals surface area contributed by atoms with Gasteiger partial charge in [0.1, 0.15) is 17.3 Å². The molecule has 1 saturated heterocycles. The fourth-order valence-electron chi connectivity index (χ4n) is 3.29. The predicted molar refractivity (Wildman–Crippen MR) is 115 cm³/mol. The van der Waals surface area contributed by atoms with Crippen LogP contribution in [-0.4, -0.2) is 48.3 Å². The highest BCUT2D eigenvalue weighted by molar-refractivity contribution is 7.80. The Bertz CT molecular complexity index is 884. The van der Waals surface area contributed by atoms with Crippen molar-refractivity contribution in [3.63, 3.8) is 0 Å². The number of hydrogen-bond acceptors (Lipinski definition) is 4. The van der Waals surface area contributed by atoms with Crippen molar-refractivity contribution in [3.05, 3.63) is 53.5 Å². The van der Waals surface area contributed by atoms with Gasteiger partial charge in [0, 0.05) is 5.69 Å². The van der Waals surface area contributed by atoms with Gasteiger partial charge in [-0.2, -0.15) is 0 Å². The second kappa shape index (κ2) is 8.21. The van der Waals surface area contributed by atoms with Crippen LogP contribution in [0.1, 0.15) is 5.01 Å². The van der Waals surface area contributed by atoms with Crippen molar-refractivity contribution in [1.82, 2.24) is 9.88 Å². The van der Waals surface area contributed by atoms with Crippen LogP contribution in [-0.2, 0) is 6.54 Å². The Labute approximate surface area is 168 Å². The molecule has 1 aliphatic heterocycles. The zero-order valence-corrected chi connectivity index (χ0v) is 16.9. The summed E-state index contributed by atoms with van der Waals surface area (Å²) in [5, 5.41) is 5.34. The number of nitrogens with one attached hydrogen (secondary N) is 2. The third-order valence-corrected chi connectivity index (χ3v) is 6.24. The SMILES string of the molecule is COc1ccc(NC(=S)N2CC[NH+](Cc3nc4ccccc4s3)CC2)cc1. The van der Waals surface area contributed by atoms with Crippen LogP contribution in [0.5, 0.6) is 5.75 Å². The van der Waals surface area contributed by atoms with E-state index >= 15 is 0 Å². The topological polar surface area (TPSA) is 41.8 Å². The number of fused-ring (bicyclic) bond motifs is 1. The second-order valence-electron chi connectivity index (χ2n) is 6.65. The Morgan fingerprint density at radius 3 is 2.63 bits per heavy atom. The van der Waals surface area contributed by atoms with E-state index in [2.05, 4.69) is 28.4 Å². The molecule has 0 saturated carbocycles. The van der Waals surface area contributed by atoms with Gasteiger partial charge in [0.25, 0.3) is 0 Å². The van der Waals surface area contributed by atoms with Gasteiger partial charge in [-0.15, -0.1) is 11.3 Å². The Balaban J connectivity index is 1.29. The molecule has 5 nitrogen and oxygen atoms in total. The van der Waals surface area contributed by atoms with Crippen LogP contribution in [0, 0.1) is 0 Å². The average Bonchev–Trinajstić information content (AvgIpc) is 3.11. The summed E-state index contributed by atoms with van der Waals surface area (Å²) in [5.74, 6) is 0.846. The zero-order chi connectivity index (χ0) is 18.6. The first-order chi connectivity index (χ1) is 13.2. The van der Waals surface area contributed by atoms with E-state index in [0.29, 0.717) is 0 Å². The summed E-state index contributed by atoms with van der Waals surface area (Å²) < 4.78 is 6.47. The molecule has 0 bridgehead atoms. The highest BCUT2D eigenvalue weighted by Gasteiger charge is 2.23. The van der Waals surface area contributed by atoms with Crippen molar-refractivity contribution in [2.75, 3.05) is 38.6 Å². The number of hydrogen-bond donors (Lipinski definition) is 2. The lowest BCUT2D eigenvalue weighted by molar-refractivity contribution is -0.917. The number of thiocarbonyl (C=S) groups is 1. The maximum atomic E-state index is 5.59. The minimum absolute atomic E-state index is 0.791. The number of anilines is 1. The smallest absolute Gasteiger partial charge is 0.173 e. The predicted octanol–water partition coefficient (Wildman–Crippen LogP) is 2.40. The van der Waals surface area contributed by atoms with Gasteiger partial charge in [0.2, 0.25) is 0 Å². The van der Waals surface area contributed by atoms with E-state index in [1.165, 1.54) is 9.71 Å². The molecule has 0 atom stereocenters. The van der Waals surface area contributed by atoms with Gasteiger partial charge in [-0.05, 0) is 48.6 Å². The van der Waals surface area contributed by atoms with Gasteiger partial charge >= 0.3 is 0 Å². The number of nitrogens with zero attached hydrogens (tertiary/aromatic N) is 2. The first-order valence-electron chi connectivity index (χ1n) is 9.09. The van der Waals surface area contributed by atoms with Crippen LogP contribution in [0.3, 0.4) is 0 Å². The molecule has 1 aliphatic rings. The molecule has 27 heavy (non-hydrogen) atoms. The maximum absolute atomic E-state index is 5.59. The van der Waals surface area contributed by atoms with Gasteiger partial charge in [0.05, 0.1) is 43.5 Å². The summed E-state index contributed by atoms with van der Waals surface area (Å²) in [5.41, 5.74) is 2.10. The summed E-state index contributed by atoms with van der Waals surface area (Å²) in [6.07, 6.45) is 0. The molecule has 0 aliphatic carbocycles. The minimum atomic E-state index is 0.791. The zero-order valence-electron chi connectivity index (χ0n) is 15.3. The fraction of sp³-hybridized carbons (Fsp3) is 0.300. The molecule has 4 rings (SSSR count). The van der Waals surface area contributed by atoms with Gasteiger partial charge in [-0.25, -0.2) is 4.98 Å². The largest absolute Gasteiger partial charge is 0.497 e. The van der Waals surface area contributed by atoms with E-state index < -0.39 is 0 Å². The van der Waals surface area contributed by atoms with Crippen LogP contribution in [0.15, 0.2) is 48.5 Å². The quantitative estimate of drug-likeness (QED) is 0.660. The normalized spacial score (nSPS) is 15.1. The lowest BCUT2D eigenvalue weighted by Crippen LogP contribution is -3.13. The van der Waals surface area contributed by atoms with Crippen molar-refractivity contribution in [1.29, 1.82) is 0 Å². The third-order valence-electron chi connectivity index (χ3n) is 4.84. The molecule has 1 fully saturated rings. The Hall–Kier alpha value is -2.22. The number of piperazine rings is 1. The lowest BCUT2D eigenvalue weighted by atomic mass is 10.3. The van der Waals surface area contributed by atoms with Crippen LogP contribution in [0.4, 0.5) is 5.69 Å². The second-order valence-corrected chi connectivity index (χ2v) is 8.15. The van der Waals surface area contributed by atoms with E-state index in [0.717, 1.165) is 54.8 Å². The fourth-order valence-corrected chi connectivity index (χ4v) is 4.63. The van der Waals surface area contributed by atoms with Gasteiger partial charge in [0.15, 0.2) is 5.11 Å². The molecule has 2 N–H and O–H groups in total. The molecule has 2 aromatic carbocycles. The van der Waals surface area contributed by atoms with Crippen LogP contribution in [0.2, 0.25) is 0 Å². The number of aromatic nitrogens is 1. The highest BCUT2D eigenvalue weighted by Crippen LogP contribution is 2.21. The third kappa shape index (κ3) is 4.37. The summed E-state index contributed by atoms with van der Waals surface area (Å²) in [7, 11) is 1.67. The minimum Gasteiger partial charge on any atom is -0.497 e. The summed E-state index contributed by atoms with van der Waals surface area (Å²) >= 11 is 7.40. The first kappa shape index (κ1) is 18.2. The molecule has 1 aromatic heterocycles. The van der Waals surface area contributed by atoms with Crippen molar-refractivity contribution < 1.29 is 9.64 Å². The number of quaternary nitrogens is 1. The number of thiazole rings is 1. The molecular formula is C20H23N4OS2+. The maximum Gasteiger partial charge on any atom is 0.173 e. The first-order valence-corrected chi connectivity index (χ1v) is 10.3. The van der Waals surface area contributed by atoms with Crippen molar-refractivity contribution in [2.24, 2.45) is 0 Å². The van der Waals surface area contributed by atoms with E-state index in [1.807, 2.05) is 41.7 Å². The Morgan fingerprint density at radius 2 is 1.93 bits per heavy atom. The molecule has 140 valence electrons. The standard InChI is InChI=1S/C20H22N4OS2/c1-25-16-8-6-15(7-9-16)21-20(26)24-12-10-23(11-13-24)14-19-22-17-4-2-3-5-18(17)27-19/h2-9H,10-14H2,1H3,(H,21,26)/p+1. The molecule has 0 spiro atoms.